The molecular formula is C15H31N3O. The van der Waals surface area contributed by atoms with Gasteiger partial charge in [0.05, 0.1) is 13.2 Å². The minimum atomic E-state index is 0.242. The number of nitrogens with zero attached hydrogens (tertiary/aromatic N) is 2. The lowest BCUT2D eigenvalue weighted by Gasteiger charge is -2.42. The molecule has 2 aliphatic rings. The molecule has 0 bridgehead atoms. The molecule has 4 nitrogen and oxygen atoms in total. The van der Waals surface area contributed by atoms with Crippen LogP contribution in [-0.2, 0) is 4.74 Å². The van der Waals surface area contributed by atoms with Gasteiger partial charge in [0.1, 0.15) is 0 Å². The van der Waals surface area contributed by atoms with Crippen LogP contribution in [-0.4, -0.2) is 73.9 Å². The topological polar surface area (TPSA) is 27.7 Å². The van der Waals surface area contributed by atoms with Crippen molar-refractivity contribution in [2.24, 2.45) is 0 Å². The van der Waals surface area contributed by atoms with Crippen molar-refractivity contribution in [2.45, 2.75) is 45.2 Å². The zero-order valence-electron chi connectivity index (χ0n) is 13.0. The lowest BCUT2D eigenvalue weighted by molar-refractivity contribution is -0.0109. The van der Waals surface area contributed by atoms with Crippen LogP contribution in [0.3, 0.4) is 0 Å². The van der Waals surface area contributed by atoms with E-state index in [1.807, 2.05) is 0 Å². The third kappa shape index (κ3) is 4.42. The number of hydrogen-bond donors (Lipinski definition) is 1. The SMILES string of the molecule is CCN1CCC(NCC(C)(C)N2CCOCC2)CC1. The number of morpholine rings is 1. The van der Waals surface area contributed by atoms with Crippen molar-refractivity contribution in [3.05, 3.63) is 0 Å². The molecule has 0 aromatic heterocycles. The number of ether oxygens (including phenoxy) is 1. The van der Waals surface area contributed by atoms with Crippen molar-refractivity contribution in [3.63, 3.8) is 0 Å². The molecule has 1 N–H and O–H groups in total. The summed E-state index contributed by atoms with van der Waals surface area (Å²) in [5.74, 6) is 0. The molecule has 0 radical (unpaired) electrons. The first-order valence-corrected chi connectivity index (χ1v) is 7.90. The van der Waals surface area contributed by atoms with Gasteiger partial charge in [-0.25, -0.2) is 0 Å². The fourth-order valence-corrected chi connectivity index (χ4v) is 3.13. The maximum atomic E-state index is 5.45. The highest BCUT2D eigenvalue weighted by atomic mass is 16.5. The first kappa shape index (κ1) is 15.2. The Morgan fingerprint density at radius 2 is 1.74 bits per heavy atom. The predicted molar refractivity (Wildman–Crippen MR) is 79.6 cm³/mol. The van der Waals surface area contributed by atoms with Gasteiger partial charge in [-0.1, -0.05) is 6.92 Å². The van der Waals surface area contributed by atoms with Gasteiger partial charge in [0.15, 0.2) is 0 Å². The standard InChI is InChI=1S/C15H31N3O/c1-4-17-7-5-14(6-8-17)16-13-15(2,3)18-9-11-19-12-10-18/h14,16H,4-13H2,1-3H3. The fraction of sp³-hybridized carbons (Fsp3) is 1.00. The molecule has 0 amide bonds. The number of piperidine rings is 1. The summed E-state index contributed by atoms with van der Waals surface area (Å²) >= 11 is 0. The maximum absolute atomic E-state index is 5.45. The highest BCUT2D eigenvalue weighted by Crippen LogP contribution is 2.17. The lowest BCUT2D eigenvalue weighted by Crippen LogP contribution is -2.56. The average molecular weight is 269 g/mol. The summed E-state index contributed by atoms with van der Waals surface area (Å²) in [6.45, 7) is 15.7. The molecule has 2 rings (SSSR count). The zero-order valence-corrected chi connectivity index (χ0v) is 13.0. The van der Waals surface area contributed by atoms with E-state index in [0.29, 0.717) is 6.04 Å². The van der Waals surface area contributed by atoms with E-state index in [2.05, 4.69) is 35.9 Å². The van der Waals surface area contributed by atoms with Crippen LogP contribution in [0.5, 0.6) is 0 Å². The van der Waals surface area contributed by atoms with Crippen molar-refractivity contribution in [3.8, 4) is 0 Å². The molecule has 0 aromatic carbocycles. The average Bonchev–Trinajstić information content (AvgIpc) is 2.47. The van der Waals surface area contributed by atoms with Crippen LogP contribution in [0.4, 0.5) is 0 Å². The summed E-state index contributed by atoms with van der Waals surface area (Å²) < 4.78 is 5.45. The van der Waals surface area contributed by atoms with Crippen LogP contribution in [0.2, 0.25) is 0 Å². The molecule has 19 heavy (non-hydrogen) atoms. The van der Waals surface area contributed by atoms with Crippen molar-refractivity contribution in [1.82, 2.24) is 15.1 Å². The van der Waals surface area contributed by atoms with E-state index in [-0.39, 0.29) is 5.54 Å². The van der Waals surface area contributed by atoms with Gasteiger partial charge in [0, 0.05) is 31.2 Å². The monoisotopic (exact) mass is 269 g/mol. The van der Waals surface area contributed by atoms with E-state index in [1.165, 1.54) is 32.5 Å². The lowest BCUT2D eigenvalue weighted by atomic mass is 9.99. The molecule has 2 heterocycles. The smallest absolute Gasteiger partial charge is 0.0594 e. The van der Waals surface area contributed by atoms with Gasteiger partial charge in [-0.2, -0.15) is 0 Å². The number of likely N-dealkylation sites (tertiary alicyclic amines) is 1. The first-order valence-electron chi connectivity index (χ1n) is 7.90. The van der Waals surface area contributed by atoms with Crippen molar-refractivity contribution in [2.75, 3.05) is 52.5 Å². The Bertz CT molecular complexity index is 256. The van der Waals surface area contributed by atoms with Crippen molar-refractivity contribution in [1.29, 1.82) is 0 Å². The van der Waals surface area contributed by atoms with E-state index < -0.39 is 0 Å². The van der Waals surface area contributed by atoms with Gasteiger partial charge in [0.25, 0.3) is 0 Å². The van der Waals surface area contributed by atoms with E-state index >= 15 is 0 Å². The molecular weight excluding hydrogens is 238 g/mol. The Kier molecular flexibility index (Phi) is 5.63. The normalized spacial score (nSPS) is 24.8. The summed E-state index contributed by atoms with van der Waals surface area (Å²) in [5, 5.41) is 3.79. The highest BCUT2D eigenvalue weighted by molar-refractivity contribution is 4.87. The van der Waals surface area contributed by atoms with E-state index in [9.17, 15) is 0 Å². The summed E-state index contributed by atoms with van der Waals surface area (Å²) in [5.41, 5.74) is 0.242. The van der Waals surface area contributed by atoms with Crippen LogP contribution >= 0.6 is 0 Å². The summed E-state index contributed by atoms with van der Waals surface area (Å²) in [7, 11) is 0. The quantitative estimate of drug-likeness (QED) is 0.811. The molecule has 0 unspecified atom stereocenters. The van der Waals surface area contributed by atoms with Gasteiger partial charge in [0.2, 0.25) is 0 Å². The largest absolute Gasteiger partial charge is 0.379 e. The van der Waals surface area contributed by atoms with Gasteiger partial charge in [-0.3, -0.25) is 4.90 Å². The minimum absolute atomic E-state index is 0.242. The molecule has 2 fully saturated rings. The van der Waals surface area contributed by atoms with Crippen LogP contribution in [0.1, 0.15) is 33.6 Å². The summed E-state index contributed by atoms with van der Waals surface area (Å²) in [4.78, 5) is 5.11. The number of nitrogens with one attached hydrogen (secondary N) is 1. The summed E-state index contributed by atoms with van der Waals surface area (Å²) in [6.07, 6.45) is 2.60. The van der Waals surface area contributed by atoms with E-state index in [0.717, 1.165) is 32.8 Å². The van der Waals surface area contributed by atoms with Crippen LogP contribution in [0, 0.1) is 0 Å². The molecule has 0 atom stereocenters. The molecule has 0 spiro atoms. The summed E-state index contributed by atoms with van der Waals surface area (Å²) in [6, 6.07) is 0.711. The molecule has 0 aliphatic carbocycles. The van der Waals surface area contributed by atoms with Gasteiger partial charge in [-0.15, -0.1) is 0 Å². The van der Waals surface area contributed by atoms with Crippen LogP contribution in [0.25, 0.3) is 0 Å². The Labute approximate surface area is 118 Å². The minimum Gasteiger partial charge on any atom is -0.379 e. The Morgan fingerprint density at radius 1 is 1.11 bits per heavy atom. The van der Waals surface area contributed by atoms with Crippen LogP contribution < -0.4 is 5.32 Å². The second-order valence-electron chi connectivity index (χ2n) is 6.50. The third-order valence-corrected chi connectivity index (χ3v) is 4.73. The Morgan fingerprint density at radius 3 is 2.32 bits per heavy atom. The van der Waals surface area contributed by atoms with Crippen molar-refractivity contribution >= 4 is 0 Å². The van der Waals surface area contributed by atoms with E-state index in [4.69, 9.17) is 4.74 Å². The first-order chi connectivity index (χ1) is 9.12. The second kappa shape index (κ2) is 7.02. The molecule has 0 aromatic rings. The molecule has 112 valence electrons. The number of hydrogen-bond acceptors (Lipinski definition) is 4. The second-order valence-corrected chi connectivity index (χ2v) is 6.50. The van der Waals surface area contributed by atoms with E-state index in [1.54, 1.807) is 0 Å². The van der Waals surface area contributed by atoms with Crippen molar-refractivity contribution < 1.29 is 4.74 Å². The molecule has 4 heteroatoms. The van der Waals surface area contributed by atoms with Gasteiger partial charge >= 0.3 is 0 Å². The molecule has 0 saturated carbocycles. The highest BCUT2D eigenvalue weighted by Gasteiger charge is 2.29. The van der Waals surface area contributed by atoms with Gasteiger partial charge in [-0.05, 0) is 46.3 Å². The fourth-order valence-electron chi connectivity index (χ4n) is 3.13. The van der Waals surface area contributed by atoms with Gasteiger partial charge < -0.3 is 15.0 Å². The number of rotatable bonds is 5. The molecule has 2 aliphatic heterocycles. The third-order valence-electron chi connectivity index (χ3n) is 4.73. The zero-order chi connectivity index (χ0) is 13.7. The Balaban J connectivity index is 1.71. The van der Waals surface area contributed by atoms with Crippen LogP contribution in [0.15, 0.2) is 0 Å². The maximum Gasteiger partial charge on any atom is 0.0594 e. The Hall–Kier alpha value is -0.160. The molecule has 2 saturated heterocycles. The predicted octanol–water partition coefficient (Wildman–Crippen LogP) is 1.17.